The van der Waals surface area contributed by atoms with Gasteiger partial charge in [0.25, 0.3) is 0 Å². The number of carboxylic acid groups (broad SMARTS) is 1. The van der Waals surface area contributed by atoms with E-state index in [1.54, 1.807) is 20.1 Å². The molecule has 3 atom stereocenters. The molecule has 3 unspecified atom stereocenters. The summed E-state index contributed by atoms with van der Waals surface area (Å²) in [6.07, 6.45) is 9.98. The first-order valence-electron chi connectivity index (χ1n) is 10.6. The molecule has 0 radical (unpaired) electrons. The van der Waals surface area contributed by atoms with Gasteiger partial charge in [0.1, 0.15) is 5.75 Å². The van der Waals surface area contributed by atoms with Crippen molar-refractivity contribution in [1.29, 1.82) is 0 Å². The quantitative estimate of drug-likeness (QED) is 0.510. The number of ether oxygens (including phenoxy) is 1. The van der Waals surface area contributed by atoms with Gasteiger partial charge in [-0.2, -0.15) is 0 Å². The van der Waals surface area contributed by atoms with Crippen LogP contribution >= 0.6 is 0 Å². The van der Waals surface area contributed by atoms with E-state index < -0.39 is 5.97 Å². The van der Waals surface area contributed by atoms with Crippen molar-refractivity contribution in [1.82, 2.24) is 9.88 Å². The van der Waals surface area contributed by atoms with Crippen LogP contribution in [0.3, 0.4) is 0 Å². The summed E-state index contributed by atoms with van der Waals surface area (Å²) in [6.45, 7) is 9.60. The maximum absolute atomic E-state index is 11.2. The second-order valence-corrected chi connectivity index (χ2v) is 8.54. The topological polar surface area (TPSA) is 65.6 Å². The van der Waals surface area contributed by atoms with Crippen LogP contribution in [0.4, 0.5) is 0 Å². The van der Waals surface area contributed by atoms with Gasteiger partial charge in [0, 0.05) is 47.4 Å². The van der Waals surface area contributed by atoms with Gasteiger partial charge in [-0.3, -0.25) is 4.90 Å². The lowest BCUT2D eigenvalue weighted by molar-refractivity contribution is -0.132. The number of fused-ring (bicyclic) bond motifs is 2. The van der Waals surface area contributed by atoms with Crippen molar-refractivity contribution in [2.24, 2.45) is 11.8 Å². The number of benzene rings is 1. The Morgan fingerprint density at radius 3 is 2.83 bits per heavy atom. The summed E-state index contributed by atoms with van der Waals surface area (Å²) in [7, 11) is 1.73. The lowest BCUT2D eigenvalue weighted by Crippen LogP contribution is -2.35. The maximum atomic E-state index is 11.2. The van der Waals surface area contributed by atoms with Crippen LogP contribution in [0.1, 0.15) is 30.9 Å². The van der Waals surface area contributed by atoms with Crippen molar-refractivity contribution in [3.05, 3.63) is 65.4 Å². The van der Waals surface area contributed by atoms with Gasteiger partial charge in [-0.25, -0.2) is 4.79 Å². The molecule has 2 aliphatic rings. The van der Waals surface area contributed by atoms with Crippen molar-refractivity contribution in [3.63, 3.8) is 0 Å². The number of aromatic nitrogens is 1. The Labute approximate surface area is 177 Å². The summed E-state index contributed by atoms with van der Waals surface area (Å²) in [5.41, 5.74) is 4.96. The molecule has 0 spiro atoms. The summed E-state index contributed by atoms with van der Waals surface area (Å²) < 4.78 is 5.76. The van der Waals surface area contributed by atoms with Crippen LogP contribution in [0.2, 0.25) is 0 Å². The Bertz CT molecular complexity index is 1050. The number of aromatic amines is 1. The number of carbonyl (C=O) groups is 1. The van der Waals surface area contributed by atoms with E-state index in [2.05, 4.69) is 35.5 Å². The lowest BCUT2D eigenvalue weighted by Gasteiger charge is -2.35. The van der Waals surface area contributed by atoms with E-state index in [9.17, 15) is 9.90 Å². The highest BCUT2D eigenvalue weighted by molar-refractivity contribution is 5.88. The van der Waals surface area contributed by atoms with Gasteiger partial charge in [-0.15, -0.1) is 0 Å². The molecule has 158 valence electrons. The zero-order valence-corrected chi connectivity index (χ0v) is 17.9. The molecule has 1 aromatic heterocycles. The lowest BCUT2D eigenvalue weighted by atomic mass is 9.71. The molecule has 1 saturated heterocycles. The Kier molecular flexibility index (Phi) is 5.56. The number of carboxylic acids is 1. The van der Waals surface area contributed by atoms with E-state index >= 15 is 0 Å². The smallest absolute Gasteiger partial charge is 0.331 e. The van der Waals surface area contributed by atoms with Crippen molar-refractivity contribution in [2.75, 3.05) is 13.7 Å². The summed E-state index contributed by atoms with van der Waals surface area (Å²) in [5.74, 6) is 1.33. The first-order chi connectivity index (χ1) is 14.4. The molecule has 5 nitrogen and oxygen atoms in total. The summed E-state index contributed by atoms with van der Waals surface area (Å²) in [4.78, 5) is 17.1. The molecule has 1 aliphatic carbocycles. The number of hydrogen-bond acceptors (Lipinski definition) is 3. The van der Waals surface area contributed by atoms with Crippen LogP contribution in [0.5, 0.6) is 5.75 Å². The predicted octanol–water partition coefficient (Wildman–Crippen LogP) is 4.84. The van der Waals surface area contributed by atoms with Crippen molar-refractivity contribution < 1.29 is 14.6 Å². The van der Waals surface area contributed by atoms with Crippen LogP contribution < -0.4 is 4.74 Å². The molecule has 2 heterocycles. The summed E-state index contributed by atoms with van der Waals surface area (Å²) in [5, 5.41) is 10.4. The third-order valence-electron chi connectivity index (χ3n) is 6.88. The Hall–Kier alpha value is -2.79. The van der Waals surface area contributed by atoms with Gasteiger partial charge < -0.3 is 14.8 Å². The molecule has 1 aromatic carbocycles. The number of methoxy groups -OCH3 is 1. The normalized spacial score (nSPS) is 24.6. The summed E-state index contributed by atoms with van der Waals surface area (Å²) in [6, 6.07) is 4.49. The number of allylic oxidation sites excluding steroid dienone is 2. The van der Waals surface area contributed by atoms with Crippen LogP contribution in [0.15, 0.2) is 54.3 Å². The molecule has 2 aromatic rings. The highest BCUT2D eigenvalue weighted by Gasteiger charge is 2.47. The summed E-state index contributed by atoms with van der Waals surface area (Å²) >= 11 is 0. The van der Waals surface area contributed by atoms with E-state index in [1.165, 1.54) is 29.4 Å². The molecule has 2 fully saturated rings. The molecule has 5 heteroatoms. The molecule has 0 bridgehead atoms. The zero-order valence-electron chi connectivity index (χ0n) is 17.9. The van der Waals surface area contributed by atoms with Crippen molar-refractivity contribution in [3.8, 4) is 5.75 Å². The van der Waals surface area contributed by atoms with Crippen molar-refractivity contribution in [2.45, 2.75) is 39.3 Å². The molecule has 2 N–H and O–H groups in total. The van der Waals surface area contributed by atoms with E-state index in [0.717, 1.165) is 29.9 Å². The minimum absolute atomic E-state index is 0.249. The van der Waals surface area contributed by atoms with Crippen molar-refractivity contribution >= 4 is 16.9 Å². The predicted molar refractivity (Wildman–Crippen MR) is 120 cm³/mol. The first kappa shape index (κ1) is 20.5. The number of aryl methyl sites for hydroxylation is 1. The fourth-order valence-electron chi connectivity index (χ4n) is 5.11. The SMILES string of the molecule is C=C/C(=C\C=C(/C)C(=O)O)C1C2CCC2CN1Cc1c(OC)cc(C)c2[nH]ccc12. The van der Waals surface area contributed by atoms with Crippen LogP contribution in [0, 0.1) is 18.8 Å². The Morgan fingerprint density at radius 1 is 1.40 bits per heavy atom. The molecular formula is C25H30N2O3. The standard InChI is InChI=1S/C25H30N2O3/c1-5-17(7-6-15(2)25(28)29)24-19-9-8-18(19)13-27(24)14-21-20-10-11-26-23(20)16(3)12-22(21)30-4/h5-7,10-12,18-19,24,26H,1,8-9,13-14H2,2-4H3,(H,28,29)/b15-6+,17-7+. The largest absolute Gasteiger partial charge is 0.496 e. The number of rotatable bonds is 7. The van der Waals surface area contributed by atoms with Gasteiger partial charge in [0.15, 0.2) is 0 Å². The van der Waals surface area contributed by atoms with E-state index in [0.29, 0.717) is 17.4 Å². The fraction of sp³-hybridized carbons (Fsp3) is 0.400. The average molecular weight is 407 g/mol. The number of hydrogen-bond donors (Lipinski definition) is 2. The second kappa shape index (κ2) is 8.15. The highest BCUT2D eigenvalue weighted by Crippen LogP contribution is 2.48. The molecule has 0 amide bonds. The van der Waals surface area contributed by atoms with Crippen LogP contribution in [-0.4, -0.2) is 40.7 Å². The van der Waals surface area contributed by atoms with Gasteiger partial charge in [-0.1, -0.05) is 24.8 Å². The molecule has 1 saturated carbocycles. The molecular weight excluding hydrogens is 376 g/mol. The van der Waals surface area contributed by atoms with Crippen LogP contribution in [0.25, 0.3) is 10.9 Å². The van der Waals surface area contributed by atoms with Gasteiger partial charge in [0.2, 0.25) is 0 Å². The number of likely N-dealkylation sites (tertiary alicyclic amines) is 1. The van der Waals surface area contributed by atoms with E-state index in [4.69, 9.17) is 4.74 Å². The maximum Gasteiger partial charge on any atom is 0.331 e. The second-order valence-electron chi connectivity index (χ2n) is 8.54. The number of aliphatic carboxylic acids is 1. The third-order valence-corrected chi connectivity index (χ3v) is 6.88. The third kappa shape index (κ3) is 3.47. The minimum atomic E-state index is -0.890. The number of H-pyrrole nitrogens is 1. The van der Waals surface area contributed by atoms with Gasteiger partial charge in [0.05, 0.1) is 7.11 Å². The van der Waals surface area contributed by atoms with E-state index in [1.807, 2.05) is 18.3 Å². The van der Waals surface area contributed by atoms with Gasteiger partial charge in [-0.05, 0) is 61.8 Å². The van der Waals surface area contributed by atoms with E-state index in [-0.39, 0.29) is 6.04 Å². The zero-order chi connectivity index (χ0) is 21.4. The van der Waals surface area contributed by atoms with Gasteiger partial charge >= 0.3 is 5.97 Å². The molecule has 1 aliphatic heterocycles. The molecule has 30 heavy (non-hydrogen) atoms. The Morgan fingerprint density at radius 2 is 2.20 bits per heavy atom. The fourth-order valence-corrected chi connectivity index (χ4v) is 5.11. The number of nitrogens with one attached hydrogen (secondary N) is 1. The highest BCUT2D eigenvalue weighted by atomic mass is 16.5. The first-order valence-corrected chi connectivity index (χ1v) is 10.6. The van der Waals surface area contributed by atoms with Crippen LogP contribution in [-0.2, 0) is 11.3 Å². The monoisotopic (exact) mass is 406 g/mol. The molecule has 4 rings (SSSR count). The average Bonchev–Trinajstić information content (AvgIpc) is 3.29. The Balaban J connectivity index is 1.71. The number of nitrogens with zero attached hydrogens (tertiary/aromatic N) is 1. The minimum Gasteiger partial charge on any atom is -0.496 e.